The Morgan fingerprint density at radius 3 is 2.91 bits per heavy atom. The van der Waals surface area contributed by atoms with E-state index in [9.17, 15) is 15.0 Å². The van der Waals surface area contributed by atoms with Crippen LogP contribution in [0.15, 0.2) is 17.3 Å². The number of aliphatic hydroxyl groups excluding tert-OH is 2. The van der Waals surface area contributed by atoms with Crippen LogP contribution in [0, 0.1) is 0 Å². The van der Waals surface area contributed by atoms with Gasteiger partial charge in [-0.1, -0.05) is 6.92 Å². The van der Waals surface area contributed by atoms with Gasteiger partial charge < -0.3 is 25.5 Å². The number of nitrogens with zero attached hydrogens (tertiary/aromatic N) is 1. The smallest absolute Gasteiger partial charge is 0.275 e. The number of H-pyrrole nitrogens is 2. The van der Waals surface area contributed by atoms with Crippen molar-refractivity contribution in [2.45, 2.75) is 37.6 Å². The van der Waals surface area contributed by atoms with Crippen molar-refractivity contribution < 1.29 is 10.2 Å². The lowest BCUT2D eigenvalue weighted by Gasteiger charge is -2.14. The molecule has 0 aliphatic carbocycles. The van der Waals surface area contributed by atoms with Crippen molar-refractivity contribution in [1.29, 1.82) is 0 Å². The highest BCUT2D eigenvalue weighted by Crippen LogP contribution is 2.31. The van der Waals surface area contributed by atoms with Gasteiger partial charge in [0.05, 0.1) is 18.5 Å². The van der Waals surface area contributed by atoms with Crippen molar-refractivity contribution in [2.24, 2.45) is 0 Å². The van der Waals surface area contributed by atoms with Crippen molar-refractivity contribution in [2.75, 3.05) is 11.5 Å². The fourth-order valence-electron chi connectivity index (χ4n) is 2.85. The Kier molecular flexibility index (Phi) is 4.53. The number of rotatable bonds is 5. The molecule has 1 aliphatic rings. The van der Waals surface area contributed by atoms with E-state index in [0.717, 1.165) is 17.9 Å². The third-order valence-corrected chi connectivity index (χ3v) is 5.27. The van der Waals surface area contributed by atoms with Gasteiger partial charge in [0.1, 0.15) is 17.1 Å². The third kappa shape index (κ3) is 2.67. The highest BCUT2D eigenvalue weighted by Gasteiger charge is 2.42. The van der Waals surface area contributed by atoms with Crippen LogP contribution in [0.25, 0.3) is 11.0 Å². The maximum atomic E-state index is 11.7. The van der Waals surface area contributed by atoms with Crippen molar-refractivity contribution in [3.63, 3.8) is 0 Å². The lowest BCUT2D eigenvalue weighted by atomic mass is 10.0. The fraction of sp³-hybridized carbons (Fsp3) is 0.571. The van der Waals surface area contributed by atoms with Crippen LogP contribution < -0.4 is 10.9 Å². The van der Waals surface area contributed by atoms with Gasteiger partial charge in [0, 0.05) is 23.6 Å². The zero-order valence-electron chi connectivity index (χ0n) is 12.2. The van der Waals surface area contributed by atoms with Crippen LogP contribution in [-0.4, -0.2) is 54.9 Å². The lowest BCUT2D eigenvalue weighted by Crippen LogP contribution is -2.35. The Morgan fingerprint density at radius 1 is 1.32 bits per heavy atom. The number of aliphatic hydroxyl groups is 2. The number of hydrogen-bond donors (Lipinski definition) is 5. The van der Waals surface area contributed by atoms with Crippen molar-refractivity contribution in [3.8, 4) is 0 Å². The van der Waals surface area contributed by atoms with Crippen LogP contribution in [0.4, 0.5) is 0 Å². The molecule has 0 amide bonds. The first kappa shape index (κ1) is 15.5. The monoisotopic (exact) mass is 324 g/mol. The summed E-state index contributed by atoms with van der Waals surface area (Å²) in [5.74, 6) is 1.76. The van der Waals surface area contributed by atoms with Gasteiger partial charge in [0.15, 0.2) is 0 Å². The Morgan fingerprint density at radius 2 is 2.14 bits per heavy atom. The molecule has 8 heteroatoms. The molecule has 7 nitrogen and oxygen atoms in total. The Balaban J connectivity index is 1.85. The number of nitrogens with one attached hydrogen (secondary N) is 3. The fourth-order valence-corrected chi connectivity index (χ4v) is 3.85. The summed E-state index contributed by atoms with van der Waals surface area (Å²) in [5.41, 5.74) is 1.36. The molecule has 22 heavy (non-hydrogen) atoms. The number of aromatic nitrogens is 3. The molecule has 2 aromatic heterocycles. The van der Waals surface area contributed by atoms with Crippen LogP contribution >= 0.6 is 11.8 Å². The summed E-state index contributed by atoms with van der Waals surface area (Å²) in [6.07, 6.45) is 2.33. The van der Waals surface area contributed by atoms with Crippen molar-refractivity contribution in [1.82, 2.24) is 20.3 Å². The molecule has 0 unspecified atom stereocenters. The summed E-state index contributed by atoms with van der Waals surface area (Å²) in [6, 6.07) is -0.617. The predicted octanol–water partition coefficient (Wildman–Crippen LogP) is 0.129. The van der Waals surface area contributed by atoms with Crippen LogP contribution in [0.1, 0.15) is 24.9 Å². The largest absolute Gasteiger partial charge is 0.389 e. The summed E-state index contributed by atoms with van der Waals surface area (Å²) in [6.45, 7) is 2.11. The van der Waals surface area contributed by atoms with Crippen LogP contribution in [-0.2, 0) is 0 Å². The molecule has 0 spiro atoms. The van der Waals surface area contributed by atoms with E-state index in [0.29, 0.717) is 16.6 Å². The lowest BCUT2D eigenvalue weighted by molar-refractivity contribution is 0.0308. The molecule has 1 fully saturated rings. The summed E-state index contributed by atoms with van der Waals surface area (Å²) in [4.78, 5) is 21.3. The van der Waals surface area contributed by atoms with Crippen LogP contribution in [0.3, 0.4) is 0 Å². The average molecular weight is 324 g/mol. The summed E-state index contributed by atoms with van der Waals surface area (Å²) < 4.78 is 0. The standard InChI is InChI=1S/C14H20N4O3S/c1-2-3-22-5-8-12(19)13(20)10(18-8)7-4-15-11-9(7)16-6-17-14(11)21/h4,6,8,10,12-13,15,18-20H,2-3,5H2,1H3,(H,16,17,21)/t8-,10+,12-,13+/m1/s1. The molecular weight excluding hydrogens is 304 g/mol. The van der Waals surface area contributed by atoms with Crippen molar-refractivity contribution >= 4 is 22.8 Å². The molecule has 4 atom stereocenters. The van der Waals surface area contributed by atoms with Gasteiger partial charge in [-0.3, -0.25) is 4.79 Å². The molecule has 3 heterocycles. The van der Waals surface area contributed by atoms with Crippen LogP contribution in [0.5, 0.6) is 0 Å². The normalized spacial score (nSPS) is 28.5. The first-order chi connectivity index (χ1) is 10.6. The number of fused-ring (bicyclic) bond motifs is 1. The van der Waals surface area contributed by atoms with E-state index in [-0.39, 0.29) is 11.6 Å². The van der Waals surface area contributed by atoms with Crippen molar-refractivity contribution in [3.05, 3.63) is 28.4 Å². The molecule has 1 saturated heterocycles. The second kappa shape index (κ2) is 6.41. The minimum atomic E-state index is -0.924. The first-order valence-corrected chi connectivity index (χ1v) is 8.53. The number of aromatic amines is 2. The number of hydrogen-bond acceptors (Lipinski definition) is 6. The molecule has 1 aliphatic heterocycles. The number of thioether (sulfide) groups is 1. The molecule has 0 bridgehead atoms. The van der Waals surface area contributed by atoms with E-state index < -0.39 is 18.2 Å². The minimum Gasteiger partial charge on any atom is -0.389 e. The highest BCUT2D eigenvalue weighted by atomic mass is 32.2. The molecule has 2 aromatic rings. The second-order valence-electron chi connectivity index (χ2n) is 5.51. The maximum Gasteiger partial charge on any atom is 0.275 e. The van der Waals surface area contributed by atoms with Gasteiger partial charge in [-0.2, -0.15) is 11.8 Å². The molecule has 5 N–H and O–H groups in total. The third-order valence-electron chi connectivity index (χ3n) is 3.98. The Bertz CT molecular complexity index is 701. The maximum absolute atomic E-state index is 11.7. The van der Waals surface area contributed by atoms with Crippen LogP contribution in [0.2, 0.25) is 0 Å². The molecule has 3 rings (SSSR count). The van der Waals surface area contributed by atoms with Gasteiger partial charge in [-0.05, 0) is 12.2 Å². The Labute approximate surface area is 131 Å². The van der Waals surface area contributed by atoms with E-state index >= 15 is 0 Å². The van der Waals surface area contributed by atoms with Gasteiger partial charge >= 0.3 is 0 Å². The second-order valence-corrected chi connectivity index (χ2v) is 6.66. The zero-order chi connectivity index (χ0) is 15.7. The predicted molar refractivity (Wildman–Crippen MR) is 86.0 cm³/mol. The van der Waals surface area contributed by atoms with E-state index in [1.54, 1.807) is 18.0 Å². The highest BCUT2D eigenvalue weighted by molar-refractivity contribution is 7.99. The van der Waals surface area contributed by atoms with E-state index in [2.05, 4.69) is 27.2 Å². The van der Waals surface area contributed by atoms with Gasteiger partial charge in [0.2, 0.25) is 0 Å². The summed E-state index contributed by atoms with van der Waals surface area (Å²) in [5, 5.41) is 23.8. The van der Waals surface area contributed by atoms with E-state index in [1.807, 2.05) is 0 Å². The van der Waals surface area contributed by atoms with E-state index in [4.69, 9.17) is 0 Å². The summed E-state index contributed by atoms with van der Waals surface area (Å²) in [7, 11) is 0. The topological polar surface area (TPSA) is 114 Å². The zero-order valence-corrected chi connectivity index (χ0v) is 13.1. The molecule has 0 radical (unpaired) electrons. The SMILES string of the molecule is CCCSC[C@H]1N[C@@H](c2c[nH]c3c(=O)[nH]cnc23)[C@H](O)[C@@H]1O. The van der Waals surface area contributed by atoms with Gasteiger partial charge in [0.25, 0.3) is 5.56 Å². The molecular formula is C14H20N4O3S. The first-order valence-electron chi connectivity index (χ1n) is 7.38. The molecule has 0 aromatic carbocycles. The summed E-state index contributed by atoms with van der Waals surface area (Å²) >= 11 is 1.75. The van der Waals surface area contributed by atoms with E-state index in [1.165, 1.54) is 6.33 Å². The molecule has 0 saturated carbocycles. The van der Waals surface area contributed by atoms with Gasteiger partial charge in [-0.15, -0.1) is 0 Å². The average Bonchev–Trinajstić information content (AvgIpc) is 3.05. The minimum absolute atomic E-state index is 0.177. The quantitative estimate of drug-likeness (QED) is 0.500. The van der Waals surface area contributed by atoms with Gasteiger partial charge in [-0.25, -0.2) is 4.98 Å². The Hall–Kier alpha value is -1.35. The molecule has 120 valence electrons.